The first-order chi connectivity index (χ1) is 9.99. The van der Waals surface area contributed by atoms with Crippen LogP contribution in [0.3, 0.4) is 0 Å². The van der Waals surface area contributed by atoms with E-state index in [9.17, 15) is 0 Å². The lowest BCUT2D eigenvalue weighted by Gasteiger charge is -2.08. The summed E-state index contributed by atoms with van der Waals surface area (Å²) in [5.41, 5.74) is 1.12. The van der Waals surface area contributed by atoms with Crippen molar-refractivity contribution in [3.8, 4) is 5.75 Å². The number of benzene rings is 1. The summed E-state index contributed by atoms with van der Waals surface area (Å²) in [6.07, 6.45) is 2.87. The zero-order chi connectivity index (χ0) is 16.1. The monoisotopic (exact) mass is 291 g/mol. The van der Waals surface area contributed by atoms with E-state index in [1.54, 1.807) is 0 Å². The van der Waals surface area contributed by atoms with E-state index in [2.05, 4.69) is 46.5 Å². The molecule has 2 heteroatoms. The molecular formula is C19H33NO. The number of rotatable bonds is 8. The van der Waals surface area contributed by atoms with Crippen molar-refractivity contribution in [1.82, 2.24) is 5.32 Å². The van der Waals surface area contributed by atoms with Crippen molar-refractivity contribution in [1.29, 1.82) is 0 Å². The van der Waals surface area contributed by atoms with Gasteiger partial charge in [-0.3, -0.25) is 0 Å². The standard InChI is InChI=1S/C11H14O.C8H19N/c1-3-9-12-11-7-5-10(4-2)6-8-11;1-7(2)5-9-6-8(3)4/h4-8H,2-3,9H2,1H3;7-9H,5-6H2,1-4H3. The second-order valence-corrected chi connectivity index (χ2v) is 6.07. The zero-order valence-corrected chi connectivity index (χ0v) is 14.5. The Morgan fingerprint density at radius 1 is 1.05 bits per heavy atom. The number of hydrogen-bond acceptors (Lipinski definition) is 2. The van der Waals surface area contributed by atoms with Gasteiger partial charge in [-0.25, -0.2) is 0 Å². The van der Waals surface area contributed by atoms with Gasteiger partial charge < -0.3 is 10.1 Å². The van der Waals surface area contributed by atoms with Crippen molar-refractivity contribution < 1.29 is 4.74 Å². The Labute approximate surface area is 131 Å². The van der Waals surface area contributed by atoms with Gasteiger partial charge in [0.15, 0.2) is 0 Å². The molecule has 1 aromatic rings. The average Bonchev–Trinajstić information content (AvgIpc) is 2.45. The van der Waals surface area contributed by atoms with Gasteiger partial charge in [0.2, 0.25) is 0 Å². The zero-order valence-electron chi connectivity index (χ0n) is 14.5. The van der Waals surface area contributed by atoms with Crippen molar-refractivity contribution in [3.05, 3.63) is 36.4 Å². The summed E-state index contributed by atoms with van der Waals surface area (Å²) >= 11 is 0. The fraction of sp³-hybridized carbons (Fsp3) is 0.579. The van der Waals surface area contributed by atoms with E-state index in [1.807, 2.05) is 30.3 Å². The van der Waals surface area contributed by atoms with Gasteiger partial charge in [-0.05, 0) is 49.0 Å². The Morgan fingerprint density at radius 2 is 1.57 bits per heavy atom. The smallest absolute Gasteiger partial charge is 0.119 e. The molecule has 0 saturated heterocycles. The molecule has 21 heavy (non-hydrogen) atoms. The molecule has 0 radical (unpaired) electrons. The van der Waals surface area contributed by atoms with Crippen molar-refractivity contribution in [2.45, 2.75) is 41.0 Å². The minimum absolute atomic E-state index is 0.781. The Bertz CT molecular complexity index is 346. The number of ether oxygens (including phenoxy) is 1. The van der Waals surface area contributed by atoms with Crippen molar-refractivity contribution >= 4 is 6.08 Å². The van der Waals surface area contributed by atoms with E-state index >= 15 is 0 Å². The fourth-order valence-corrected chi connectivity index (χ4v) is 1.58. The van der Waals surface area contributed by atoms with E-state index in [4.69, 9.17) is 4.74 Å². The first-order valence-electron chi connectivity index (χ1n) is 8.05. The van der Waals surface area contributed by atoms with Crippen LogP contribution in [0, 0.1) is 11.8 Å². The first-order valence-corrected chi connectivity index (χ1v) is 8.05. The predicted octanol–water partition coefficient (Wildman–Crippen LogP) is 5.01. The van der Waals surface area contributed by atoms with Gasteiger partial charge in [0, 0.05) is 0 Å². The number of hydrogen-bond donors (Lipinski definition) is 1. The third-order valence-corrected chi connectivity index (χ3v) is 2.69. The Morgan fingerprint density at radius 3 is 1.95 bits per heavy atom. The summed E-state index contributed by atoms with van der Waals surface area (Å²) in [6, 6.07) is 7.93. The molecule has 0 heterocycles. The van der Waals surface area contributed by atoms with E-state index in [0.717, 1.165) is 49.3 Å². The lowest BCUT2D eigenvalue weighted by atomic mass is 10.2. The highest BCUT2D eigenvalue weighted by atomic mass is 16.5. The Balaban J connectivity index is 0.000000400. The average molecular weight is 291 g/mol. The van der Waals surface area contributed by atoms with Crippen LogP contribution in [0.25, 0.3) is 6.08 Å². The SMILES string of the molecule is C=Cc1ccc(OCCC)cc1.CC(C)CNCC(C)C. The normalized spacial score (nSPS) is 10.2. The topological polar surface area (TPSA) is 21.3 Å². The van der Waals surface area contributed by atoms with Crippen LogP contribution in [-0.4, -0.2) is 19.7 Å². The minimum Gasteiger partial charge on any atom is -0.494 e. The largest absolute Gasteiger partial charge is 0.494 e. The molecular weight excluding hydrogens is 258 g/mol. The molecule has 1 N–H and O–H groups in total. The summed E-state index contributed by atoms with van der Waals surface area (Å²) < 4.78 is 5.42. The second-order valence-electron chi connectivity index (χ2n) is 6.07. The molecule has 0 fully saturated rings. The predicted molar refractivity (Wildman–Crippen MR) is 94.9 cm³/mol. The lowest BCUT2D eigenvalue weighted by Crippen LogP contribution is -2.23. The second kappa shape index (κ2) is 12.5. The molecule has 0 spiro atoms. The summed E-state index contributed by atoms with van der Waals surface area (Å²) in [5, 5.41) is 3.38. The van der Waals surface area contributed by atoms with Gasteiger partial charge in [-0.2, -0.15) is 0 Å². The van der Waals surface area contributed by atoms with E-state index < -0.39 is 0 Å². The molecule has 1 aromatic carbocycles. The molecule has 0 unspecified atom stereocenters. The highest BCUT2D eigenvalue weighted by Crippen LogP contribution is 2.12. The van der Waals surface area contributed by atoms with Crippen LogP contribution < -0.4 is 10.1 Å². The maximum Gasteiger partial charge on any atom is 0.119 e. The van der Waals surface area contributed by atoms with Crippen molar-refractivity contribution in [3.63, 3.8) is 0 Å². The highest BCUT2D eigenvalue weighted by Gasteiger charge is 1.94. The molecule has 0 atom stereocenters. The summed E-state index contributed by atoms with van der Waals surface area (Å²) in [6.45, 7) is 17.8. The van der Waals surface area contributed by atoms with Gasteiger partial charge in [-0.1, -0.05) is 59.4 Å². The maximum absolute atomic E-state index is 5.42. The van der Waals surface area contributed by atoms with Gasteiger partial charge in [0.1, 0.15) is 5.75 Å². The quantitative estimate of drug-likeness (QED) is 0.727. The van der Waals surface area contributed by atoms with E-state index in [1.165, 1.54) is 0 Å². The molecule has 1 rings (SSSR count). The van der Waals surface area contributed by atoms with E-state index in [-0.39, 0.29) is 0 Å². The molecule has 0 amide bonds. The Kier molecular flexibility index (Phi) is 11.7. The van der Waals surface area contributed by atoms with Gasteiger partial charge in [0.25, 0.3) is 0 Å². The Hall–Kier alpha value is -1.28. The van der Waals surface area contributed by atoms with Crippen molar-refractivity contribution in [2.75, 3.05) is 19.7 Å². The first kappa shape index (κ1) is 19.7. The van der Waals surface area contributed by atoms with Crippen molar-refractivity contribution in [2.24, 2.45) is 11.8 Å². The fourth-order valence-electron chi connectivity index (χ4n) is 1.58. The maximum atomic E-state index is 5.42. The van der Waals surface area contributed by atoms with Crippen LogP contribution in [0.15, 0.2) is 30.8 Å². The number of nitrogens with one attached hydrogen (secondary N) is 1. The van der Waals surface area contributed by atoms with E-state index in [0.29, 0.717) is 0 Å². The van der Waals surface area contributed by atoms with Crippen LogP contribution in [0.2, 0.25) is 0 Å². The summed E-state index contributed by atoms with van der Waals surface area (Å²) in [7, 11) is 0. The van der Waals surface area contributed by atoms with Crippen LogP contribution >= 0.6 is 0 Å². The molecule has 0 aliphatic heterocycles. The molecule has 0 saturated carbocycles. The van der Waals surface area contributed by atoms with Gasteiger partial charge in [-0.15, -0.1) is 0 Å². The van der Waals surface area contributed by atoms with Crippen LogP contribution in [-0.2, 0) is 0 Å². The summed E-state index contributed by atoms with van der Waals surface area (Å²) in [5.74, 6) is 2.50. The van der Waals surface area contributed by atoms with Crippen LogP contribution in [0.4, 0.5) is 0 Å². The van der Waals surface area contributed by atoms with Crippen LogP contribution in [0.1, 0.15) is 46.6 Å². The third kappa shape index (κ3) is 12.2. The third-order valence-electron chi connectivity index (χ3n) is 2.69. The molecule has 0 aliphatic rings. The van der Waals surface area contributed by atoms with Gasteiger partial charge in [0.05, 0.1) is 6.61 Å². The molecule has 0 aliphatic carbocycles. The lowest BCUT2D eigenvalue weighted by molar-refractivity contribution is 0.317. The molecule has 0 bridgehead atoms. The summed E-state index contributed by atoms with van der Waals surface area (Å²) in [4.78, 5) is 0. The minimum atomic E-state index is 0.781. The van der Waals surface area contributed by atoms with Gasteiger partial charge >= 0.3 is 0 Å². The highest BCUT2D eigenvalue weighted by molar-refractivity contribution is 5.48. The molecule has 2 nitrogen and oxygen atoms in total. The molecule has 0 aromatic heterocycles. The molecule has 120 valence electrons. The van der Waals surface area contributed by atoms with Crippen LogP contribution in [0.5, 0.6) is 5.75 Å².